The SMILES string of the molecule is N#Cc1nc(/C=C/c2ccc(F)cc2)oc1N1CCN(C(=O)c2ccccc2F)CC1. The molecule has 0 aliphatic carbocycles. The number of nitriles is 1. The Hall–Kier alpha value is -3.99. The van der Waals surface area contributed by atoms with E-state index in [-0.39, 0.29) is 28.9 Å². The first-order chi connectivity index (χ1) is 15.0. The van der Waals surface area contributed by atoms with Crippen LogP contribution in [0, 0.1) is 23.0 Å². The van der Waals surface area contributed by atoms with Gasteiger partial charge in [-0.1, -0.05) is 24.3 Å². The molecule has 1 fully saturated rings. The summed E-state index contributed by atoms with van der Waals surface area (Å²) in [6.07, 6.45) is 3.32. The van der Waals surface area contributed by atoms with E-state index in [1.165, 1.54) is 24.3 Å². The molecule has 1 saturated heterocycles. The first-order valence-electron chi connectivity index (χ1n) is 9.68. The van der Waals surface area contributed by atoms with E-state index in [0.717, 1.165) is 5.56 Å². The van der Waals surface area contributed by atoms with E-state index in [1.54, 1.807) is 41.3 Å². The molecule has 0 unspecified atom stereocenters. The number of rotatable bonds is 4. The normalized spacial score (nSPS) is 14.1. The Kier molecular flexibility index (Phi) is 5.76. The van der Waals surface area contributed by atoms with Crippen molar-refractivity contribution in [3.63, 3.8) is 0 Å². The van der Waals surface area contributed by atoms with E-state index < -0.39 is 5.82 Å². The number of nitrogens with zero attached hydrogens (tertiary/aromatic N) is 4. The second-order valence-corrected chi connectivity index (χ2v) is 6.96. The topological polar surface area (TPSA) is 73.4 Å². The van der Waals surface area contributed by atoms with Gasteiger partial charge in [0.15, 0.2) is 0 Å². The number of carbonyl (C=O) groups is 1. The van der Waals surface area contributed by atoms with Crippen LogP contribution in [0.4, 0.5) is 14.7 Å². The van der Waals surface area contributed by atoms with Gasteiger partial charge in [-0.05, 0) is 35.9 Å². The molecule has 1 aliphatic heterocycles. The molecule has 0 N–H and O–H groups in total. The lowest BCUT2D eigenvalue weighted by molar-refractivity contribution is 0.0740. The Morgan fingerprint density at radius 3 is 2.42 bits per heavy atom. The van der Waals surface area contributed by atoms with Crippen LogP contribution in [0.25, 0.3) is 12.2 Å². The fraction of sp³-hybridized carbons (Fsp3) is 0.174. The van der Waals surface area contributed by atoms with Gasteiger partial charge in [-0.2, -0.15) is 10.2 Å². The fourth-order valence-electron chi connectivity index (χ4n) is 3.35. The molecule has 2 heterocycles. The average Bonchev–Trinajstić information content (AvgIpc) is 3.22. The summed E-state index contributed by atoms with van der Waals surface area (Å²) in [5.74, 6) is -0.650. The van der Waals surface area contributed by atoms with Gasteiger partial charge < -0.3 is 14.2 Å². The summed E-state index contributed by atoms with van der Waals surface area (Å²) in [7, 11) is 0. The predicted molar refractivity (Wildman–Crippen MR) is 111 cm³/mol. The van der Waals surface area contributed by atoms with Crippen molar-refractivity contribution >= 4 is 23.9 Å². The zero-order valence-corrected chi connectivity index (χ0v) is 16.5. The van der Waals surface area contributed by atoms with Crippen molar-refractivity contribution in [1.29, 1.82) is 5.26 Å². The number of carbonyl (C=O) groups excluding carboxylic acids is 1. The number of benzene rings is 2. The van der Waals surface area contributed by atoms with Gasteiger partial charge in [0, 0.05) is 32.3 Å². The van der Waals surface area contributed by atoms with Crippen molar-refractivity contribution in [2.45, 2.75) is 0 Å². The summed E-state index contributed by atoms with van der Waals surface area (Å²) < 4.78 is 32.7. The monoisotopic (exact) mass is 420 g/mol. The van der Waals surface area contributed by atoms with Crippen LogP contribution in [0.3, 0.4) is 0 Å². The molecule has 1 aliphatic rings. The highest BCUT2D eigenvalue weighted by Gasteiger charge is 2.27. The summed E-state index contributed by atoms with van der Waals surface area (Å²) in [5, 5.41) is 9.43. The number of piperazine rings is 1. The molecular formula is C23H18F2N4O2. The number of oxazole rings is 1. The zero-order valence-electron chi connectivity index (χ0n) is 16.5. The highest BCUT2D eigenvalue weighted by molar-refractivity contribution is 5.94. The average molecular weight is 420 g/mol. The summed E-state index contributed by atoms with van der Waals surface area (Å²) in [6.45, 7) is 1.56. The van der Waals surface area contributed by atoms with Crippen molar-refractivity contribution in [2.75, 3.05) is 31.1 Å². The molecule has 3 aromatic rings. The molecule has 0 radical (unpaired) electrons. The van der Waals surface area contributed by atoms with Crippen molar-refractivity contribution in [3.8, 4) is 6.07 Å². The maximum Gasteiger partial charge on any atom is 0.256 e. The Labute approximate surface area is 177 Å². The number of halogens is 2. The molecule has 1 aromatic heterocycles. The smallest absolute Gasteiger partial charge is 0.256 e. The van der Waals surface area contributed by atoms with Gasteiger partial charge in [0.2, 0.25) is 17.5 Å². The van der Waals surface area contributed by atoms with Crippen LogP contribution in [0.5, 0.6) is 0 Å². The minimum Gasteiger partial charge on any atom is -0.420 e. The number of hydrogen-bond acceptors (Lipinski definition) is 5. The molecule has 0 saturated carbocycles. The molecule has 8 heteroatoms. The second-order valence-electron chi connectivity index (χ2n) is 6.96. The third kappa shape index (κ3) is 4.46. The maximum atomic E-state index is 13.9. The van der Waals surface area contributed by atoms with Crippen LogP contribution >= 0.6 is 0 Å². The minimum atomic E-state index is -0.547. The predicted octanol–water partition coefficient (Wildman–Crippen LogP) is 3.96. The van der Waals surface area contributed by atoms with Gasteiger partial charge in [-0.25, -0.2) is 8.78 Å². The third-order valence-corrected chi connectivity index (χ3v) is 4.98. The Bertz CT molecular complexity index is 1160. The summed E-state index contributed by atoms with van der Waals surface area (Å²) >= 11 is 0. The minimum absolute atomic E-state index is 0.0431. The number of anilines is 1. The Morgan fingerprint density at radius 2 is 1.74 bits per heavy atom. The third-order valence-electron chi connectivity index (χ3n) is 4.98. The van der Waals surface area contributed by atoms with E-state index >= 15 is 0 Å². The first-order valence-corrected chi connectivity index (χ1v) is 9.68. The molecule has 0 bridgehead atoms. The molecule has 1 amide bonds. The number of aromatic nitrogens is 1. The van der Waals surface area contributed by atoms with E-state index in [1.807, 2.05) is 11.0 Å². The fourth-order valence-corrected chi connectivity index (χ4v) is 3.35. The largest absolute Gasteiger partial charge is 0.420 e. The molecule has 2 aromatic carbocycles. The van der Waals surface area contributed by atoms with Crippen molar-refractivity contribution in [2.24, 2.45) is 0 Å². The van der Waals surface area contributed by atoms with Crippen LogP contribution < -0.4 is 4.90 Å². The molecule has 4 rings (SSSR count). The van der Waals surface area contributed by atoms with Crippen molar-refractivity contribution < 1.29 is 18.0 Å². The van der Waals surface area contributed by atoms with Gasteiger partial charge in [0.1, 0.15) is 17.7 Å². The number of amides is 1. The van der Waals surface area contributed by atoms with E-state index in [4.69, 9.17) is 4.42 Å². The summed E-state index contributed by atoms with van der Waals surface area (Å²) in [4.78, 5) is 20.2. The van der Waals surface area contributed by atoms with Crippen molar-refractivity contribution in [3.05, 3.63) is 82.9 Å². The van der Waals surface area contributed by atoms with Gasteiger partial charge in [-0.3, -0.25) is 4.79 Å². The Morgan fingerprint density at radius 1 is 1.03 bits per heavy atom. The second kappa shape index (κ2) is 8.79. The van der Waals surface area contributed by atoms with E-state index in [2.05, 4.69) is 4.98 Å². The van der Waals surface area contributed by atoms with Crippen LogP contribution in [0.2, 0.25) is 0 Å². The van der Waals surface area contributed by atoms with Crippen LogP contribution in [0.15, 0.2) is 52.9 Å². The highest BCUT2D eigenvalue weighted by atomic mass is 19.1. The lowest BCUT2D eigenvalue weighted by atomic mass is 10.1. The molecule has 156 valence electrons. The summed E-state index contributed by atoms with van der Waals surface area (Å²) in [5.41, 5.74) is 0.953. The maximum absolute atomic E-state index is 13.9. The van der Waals surface area contributed by atoms with Crippen LogP contribution in [-0.2, 0) is 0 Å². The van der Waals surface area contributed by atoms with Crippen molar-refractivity contribution in [1.82, 2.24) is 9.88 Å². The Balaban J connectivity index is 1.45. The lowest BCUT2D eigenvalue weighted by Crippen LogP contribution is -2.49. The molecule has 0 spiro atoms. The van der Waals surface area contributed by atoms with Gasteiger partial charge in [0.25, 0.3) is 5.91 Å². The van der Waals surface area contributed by atoms with E-state index in [0.29, 0.717) is 32.1 Å². The van der Waals surface area contributed by atoms with Gasteiger partial charge in [-0.15, -0.1) is 0 Å². The standard InChI is InChI=1S/C23H18F2N4O2/c24-17-8-5-16(6-9-17)7-10-21-27-20(15-26)23(31-21)29-13-11-28(12-14-29)22(30)18-3-1-2-4-19(18)25/h1-10H,11-14H2/b10-7+. The molecule has 6 nitrogen and oxygen atoms in total. The van der Waals surface area contributed by atoms with Gasteiger partial charge >= 0.3 is 0 Å². The lowest BCUT2D eigenvalue weighted by Gasteiger charge is -2.34. The van der Waals surface area contributed by atoms with Crippen LogP contribution in [-0.4, -0.2) is 42.0 Å². The van der Waals surface area contributed by atoms with Crippen LogP contribution in [0.1, 0.15) is 27.5 Å². The summed E-state index contributed by atoms with van der Waals surface area (Å²) in [6, 6.07) is 13.9. The molecular weight excluding hydrogens is 402 g/mol. The zero-order chi connectivity index (χ0) is 21.8. The first kappa shape index (κ1) is 20.3. The molecule has 31 heavy (non-hydrogen) atoms. The quantitative estimate of drug-likeness (QED) is 0.639. The number of hydrogen-bond donors (Lipinski definition) is 0. The highest BCUT2D eigenvalue weighted by Crippen LogP contribution is 2.25. The molecule has 0 atom stereocenters. The van der Waals surface area contributed by atoms with Gasteiger partial charge in [0.05, 0.1) is 5.56 Å². The van der Waals surface area contributed by atoms with E-state index in [9.17, 15) is 18.8 Å².